The first-order valence-corrected chi connectivity index (χ1v) is 14.4. The van der Waals surface area contributed by atoms with E-state index in [2.05, 4.69) is 15.8 Å². The summed E-state index contributed by atoms with van der Waals surface area (Å²) in [6, 6.07) is 20.4. The fourth-order valence-corrected chi connectivity index (χ4v) is 5.11. The maximum absolute atomic E-state index is 13.5. The largest absolute Gasteiger partial charge is 0.484 e. The monoisotopic (exact) mass is 564 g/mol. The molecule has 0 bridgehead atoms. The molecule has 0 unspecified atom stereocenters. The topological polar surface area (TPSA) is 117 Å². The third kappa shape index (κ3) is 8.67. The molecule has 40 heavy (non-hydrogen) atoms. The Bertz CT molecular complexity index is 1420. The van der Waals surface area contributed by atoms with Crippen LogP contribution in [0.2, 0.25) is 0 Å². The molecule has 9 nitrogen and oxygen atoms in total. The first-order valence-electron chi connectivity index (χ1n) is 13.0. The van der Waals surface area contributed by atoms with Crippen LogP contribution >= 0.6 is 0 Å². The minimum atomic E-state index is -4.02. The van der Waals surface area contributed by atoms with E-state index in [-0.39, 0.29) is 29.4 Å². The fraction of sp³-hybridized carbons (Fsp3) is 0.300. The van der Waals surface area contributed by atoms with Gasteiger partial charge < -0.3 is 10.1 Å². The average molecular weight is 565 g/mol. The predicted octanol–water partition coefficient (Wildman–Crippen LogP) is 4.37. The van der Waals surface area contributed by atoms with Crippen molar-refractivity contribution < 1.29 is 22.7 Å². The number of hydrogen-bond acceptors (Lipinski definition) is 6. The predicted molar refractivity (Wildman–Crippen MR) is 157 cm³/mol. The molecule has 0 radical (unpaired) electrons. The van der Waals surface area contributed by atoms with Gasteiger partial charge in [-0.3, -0.25) is 13.9 Å². The Kier molecular flexibility index (Phi) is 10.4. The van der Waals surface area contributed by atoms with Crippen molar-refractivity contribution in [3.63, 3.8) is 0 Å². The highest BCUT2D eigenvalue weighted by atomic mass is 32.2. The number of nitrogens with zero attached hydrogens (tertiary/aromatic N) is 2. The van der Waals surface area contributed by atoms with Crippen LogP contribution in [0.5, 0.6) is 5.75 Å². The van der Waals surface area contributed by atoms with E-state index in [4.69, 9.17) is 4.74 Å². The molecule has 3 aromatic rings. The minimum Gasteiger partial charge on any atom is -0.484 e. The number of ether oxygens (including phenoxy) is 1. The Balaban J connectivity index is 1.69. The van der Waals surface area contributed by atoms with Crippen molar-refractivity contribution in [2.75, 3.05) is 17.5 Å². The number of aryl methyl sites for hydroxylation is 1. The Labute approximate surface area is 236 Å². The van der Waals surface area contributed by atoms with E-state index in [9.17, 15) is 18.0 Å². The van der Waals surface area contributed by atoms with Gasteiger partial charge in [0.2, 0.25) is 0 Å². The Hall–Kier alpha value is -4.18. The third-order valence-corrected chi connectivity index (χ3v) is 7.63. The van der Waals surface area contributed by atoms with Gasteiger partial charge in [0, 0.05) is 6.04 Å². The number of benzene rings is 3. The van der Waals surface area contributed by atoms with Crippen LogP contribution < -0.4 is 19.8 Å². The van der Waals surface area contributed by atoms with Crippen LogP contribution in [0.1, 0.15) is 50.3 Å². The Morgan fingerprint density at radius 2 is 1.52 bits per heavy atom. The maximum atomic E-state index is 13.5. The maximum Gasteiger partial charge on any atom is 0.264 e. The van der Waals surface area contributed by atoms with Gasteiger partial charge in [-0.15, -0.1) is 0 Å². The summed E-state index contributed by atoms with van der Waals surface area (Å²) in [7, 11) is -4.02. The second-order valence-corrected chi connectivity index (χ2v) is 11.8. The zero-order valence-electron chi connectivity index (χ0n) is 23.4. The van der Waals surface area contributed by atoms with Gasteiger partial charge in [-0.2, -0.15) is 5.10 Å². The lowest BCUT2D eigenvalue weighted by molar-refractivity contribution is -0.123. The molecule has 2 amide bonds. The van der Waals surface area contributed by atoms with Gasteiger partial charge in [0.15, 0.2) is 6.61 Å². The Morgan fingerprint density at radius 3 is 2.10 bits per heavy atom. The molecule has 0 saturated carbocycles. The van der Waals surface area contributed by atoms with Gasteiger partial charge in [0.25, 0.3) is 21.8 Å². The van der Waals surface area contributed by atoms with E-state index in [0.29, 0.717) is 17.0 Å². The molecule has 0 aromatic heterocycles. The van der Waals surface area contributed by atoms with Gasteiger partial charge in [-0.1, -0.05) is 43.7 Å². The van der Waals surface area contributed by atoms with Crippen LogP contribution in [0, 0.1) is 6.92 Å². The lowest BCUT2D eigenvalue weighted by Gasteiger charge is -2.24. The number of hydrogen-bond donors (Lipinski definition) is 2. The van der Waals surface area contributed by atoms with Crippen molar-refractivity contribution in [1.82, 2.24) is 10.7 Å². The minimum absolute atomic E-state index is 0.0325. The molecule has 0 fully saturated rings. The van der Waals surface area contributed by atoms with Crippen molar-refractivity contribution in [2.45, 2.75) is 51.5 Å². The molecule has 10 heteroatoms. The van der Waals surface area contributed by atoms with Crippen molar-refractivity contribution in [3.05, 3.63) is 89.5 Å². The summed E-state index contributed by atoms with van der Waals surface area (Å²) >= 11 is 0. The van der Waals surface area contributed by atoms with E-state index >= 15 is 0 Å². The highest BCUT2D eigenvalue weighted by Gasteiger charge is 2.27. The number of amides is 2. The molecule has 2 N–H and O–H groups in total. The normalized spacial score (nSPS) is 11.6. The van der Waals surface area contributed by atoms with Crippen LogP contribution in [0.15, 0.2) is 82.8 Å². The Morgan fingerprint density at radius 1 is 0.900 bits per heavy atom. The second-order valence-electron chi connectivity index (χ2n) is 9.94. The molecule has 0 heterocycles. The number of carbonyl (C=O) groups is 2. The molecule has 0 aliphatic rings. The van der Waals surface area contributed by atoms with Gasteiger partial charge in [-0.05, 0) is 86.3 Å². The smallest absolute Gasteiger partial charge is 0.264 e. The van der Waals surface area contributed by atoms with E-state index in [1.54, 1.807) is 48.5 Å². The zero-order valence-corrected chi connectivity index (χ0v) is 24.2. The van der Waals surface area contributed by atoms with Crippen LogP contribution in [0.25, 0.3) is 0 Å². The zero-order chi connectivity index (χ0) is 29.3. The molecule has 0 atom stereocenters. The van der Waals surface area contributed by atoms with E-state index in [1.807, 2.05) is 46.8 Å². The molecule has 3 rings (SSSR count). The van der Waals surface area contributed by atoms with Crippen molar-refractivity contribution in [2.24, 2.45) is 5.10 Å². The summed E-state index contributed by atoms with van der Waals surface area (Å²) in [5.74, 6) is -0.0204. The lowest BCUT2D eigenvalue weighted by Crippen LogP contribution is -2.39. The number of rotatable bonds is 12. The highest BCUT2D eigenvalue weighted by molar-refractivity contribution is 7.92. The third-order valence-electron chi connectivity index (χ3n) is 5.85. The summed E-state index contributed by atoms with van der Waals surface area (Å²) in [5.41, 5.74) is 5.44. The molecule has 0 aliphatic carbocycles. The second kappa shape index (κ2) is 13.7. The molecule has 3 aromatic carbocycles. The number of sulfonamides is 1. The summed E-state index contributed by atoms with van der Waals surface area (Å²) in [5, 5.41) is 6.73. The lowest BCUT2D eigenvalue weighted by atomic mass is 10.0. The molecule has 0 aliphatic heterocycles. The van der Waals surface area contributed by atoms with Crippen LogP contribution in [0.3, 0.4) is 0 Å². The van der Waals surface area contributed by atoms with Gasteiger partial charge in [0.1, 0.15) is 12.3 Å². The molecule has 0 spiro atoms. The summed E-state index contributed by atoms with van der Waals surface area (Å²) in [4.78, 5) is 24.6. The highest BCUT2D eigenvalue weighted by Crippen LogP contribution is 2.26. The fourth-order valence-electron chi connectivity index (χ4n) is 3.69. The van der Waals surface area contributed by atoms with Crippen LogP contribution in [-0.2, 0) is 19.6 Å². The summed E-state index contributed by atoms with van der Waals surface area (Å²) in [6.07, 6.45) is 1.43. The standard InChI is InChI=1S/C30H36N4O5S/c1-21(2)25-10-12-26(13-11-25)34(40(37,38)28-16-6-23(5)7-17-28)19-29(35)33-31-18-24-8-14-27(15-9-24)39-20-30(36)32-22(3)4/h6-18,21-22H,19-20H2,1-5H3,(H,32,36)(H,33,35)/b31-18-. The molecule has 212 valence electrons. The number of carbonyl (C=O) groups excluding carboxylic acids is 2. The number of hydrazone groups is 1. The van der Waals surface area contributed by atoms with E-state index in [0.717, 1.165) is 15.4 Å². The summed E-state index contributed by atoms with van der Waals surface area (Å²) in [6.45, 7) is 9.16. The summed E-state index contributed by atoms with van der Waals surface area (Å²) < 4.78 is 33.6. The number of nitrogens with one attached hydrogen (secondary N) is 2. The van der Waals surface area contributed by atoms with E-state index < -0.39 is 22.5 Å². The quantitative estimate of drug-likeness (QED) is 0.250. The van der Waals surface area contributed by atoms with Crippen LogP contribution in [-0.4, -0.2) is 45.6 Å². The number of anilines is 1. The molecular formula is C30H36N4O5S. The van der Waals surface area contributed by atoms with Gasteiger partial charge in [-0.25, -0.2) is 13.8 Å². The molecule has 0 saturated heterocycles. The first-order chi connectivity index (χ1) is 19.0. The van der Waals surface area contributed by atoms with Crippen molar-refractivity contribution in [1.29, 1.82) is 0 Å². The van der Waals surface area contributed by atoms with Crippen molar-refractivity contribution in [3.8, 4) is 5.75 Å². The van der Waals surface area contributed by atoms with Crippen LogP contribution in [0.4, 0.5) is 5.69 Å². The first kappa shape index (κ1) is 30.4. The SMILES string of the molecule is Cc1ccc(S(=O)(=O)N(CC(=O)N/N=C\c2ccc(OCC(=O)NC(C)C)cc2)c2ccc(C(C)C)cc2)cc1. The van der Waals surface area contributed by atoms with Crippen molar-refractivity contribution >= 4 is 33.7 Å². The van der Waals surface area contributed by atoms with Gasteiger partial charge >= 0.3 is 0 Å². The van der Waals surface area contributed by atoms with E-state index in [1.165, 1.54) is 18.3 Å². The molecular weight excluding hydrogens is 528 g/mol. The van der Waals surface area contributed by atoms with Gasteiger partial charge in [0.05, 0.1) is 16.8 Å². The average Bonchev–Trinajstić information content (AvgIpc) is 2.91.